The number of rotatable bonds is 5. The molecule has 0 fully saturated rings. The molecule has 5 heteroatoms. The quantitative estimate of drug-likeness (QED) is 0.164. The third kappa shape index (κ3) is 5.25. The lowest BCUT2D eigenvalue weighted by molar-refractivity contribution is 0.669. The minimum Gasteiger partial charge on any atom is -0.456 e. The van der Waals surface area contributed by atoms with Crippen molar-refractivity contribution in [2.24, 2.45) is 0 Å². The first-order valence-corrected chi connectivity index (χ1v) is 20.2. The summed E-state index contributed by atoms with van der Waals surface area (Å²) < 4.78 is 8.95. The Kier molecular flexibility index (Phi) is 7.37. The molecular formula is C53H31N3OS. The fraction of sp³-hybridized carbons (Fsp3) is 0. The Morgan fingerprint density at radius 2 is 0.983 bits per heavy atom. The van der Waals surface area contributed by atoms with E-state index in [0.717, 1.165) is 55.3 Å². The largest absolute Gasteiger partial charge is 0.456 e. The number of hydrogen-bond donors (Lipinski definition) is 0. The van der Waals surface area contributed by atoms with Crippen LogP contribution in [0.4, 0.5) is 0 Å². The summed E-state index contributed by atoms with van der Waals surface area (Å²) in [5.74, 6) is 1.92. The van der Waals surface area contributed by atoms with Gasteiger partial charge in [0.1, 0.15) is 11.2 Å². The molecule has 3 aromatic heterocycles. The number of furan rings is 1. The van der Waals surface area contributed by atoms with E-state index < -0.39 is 0 Å². The van der Waals surface area contributed by atoms with Crippen LogP contribution in [0.15, 0.2) is 192 Å². The second-order valence-electron chi connectivity index (χ2n) is 14.7. The lowest BCUT2D eigenvalue weighted by atomic mass is 9.92. The van der Waals surface area contributed by atoms with E-state index in [2.05, 4.69) is 170 Å². The molecule has 0 spiro atoms. The van der Waals surface area contributed by atoms with E-state index in [4.69, 9.17) is 19.4 Å². The number of fused-ring (bicyclic) bond motifs is 9. The number of benzene rings is 9. The van der Waals surface area contributed by atoms with E-state index in [-0.39, 0.29) is 0 Å². The van der Waals surface area contributed by atoms with Gasteiger partial charge in [0.15, 0.2) is 17.5 Å². The first-order chi connectivity index (χ1) is 28.7. The zero-order chi connectivity index (χ0) is 38.2. The van der Waals surface area contributed by atoms with Crippen LogP contribution in [0.25, 0.3) is 120 Å². The second kappa shape index (κ2) is 13.1. The summed E-state index contributed by atoms with van der Waals surface area (Å²) >= 11 is 1.78. The number of aromatic nitrogens is 3. The number of nitrogens with zero attached hydrogens (tertiary/aromatic N) is 3. The molecule has 58 heavy (non-hydrogen) atoms. The normalized spacial score (nSPS) is 11.8. The van der Waals surface area contributed by atoms with Crippen molar-refractivity contribution < 1.29 is 4.42 Å². The summed E-state index contributed by atoms with van der Waals surface area (Å²) in [7, 11) is 0. The summed E-state index contributed by atoms with van der Waals surface area (Å²) in [6.45, 7) is 0. The van der Waals surface area contributed by atoms with Gasteiger partial charge < -0.3 is 4.42 Å². The summed E-state index contributed by atoms with van der Waals surface area (Å²) in [6, 6.07) is 66.3. The van der Waals surface area contributed by atoms with Gasteiger partial charge in [-0.1, -0.05) is 146 Å². The highest BCUT2D eigenvalue weighted by Crippen LogP contribution is 2.43. The Labute approximate surface area is 337 Å². The number of hydrogen-bond acceptors (Lipinski definition) is 5. The second-order valence-corrected chi connectivity index (χ2v) is 15.8. The van der Waals surface area contributed by atoms with E-state index in [9.17, 15) is 0 Å². The lowest BCUT2D eigenvalue weighted by Gasteiger charge is -2.12. The van der Waals surface area contributed by atoms with Gasteiger partial charge in [-0.15, -0.1) is 11.3 Å². The van der Waals surface area contributed by atoms with Gasteiger partial charge in [-0.25, -0.2) is 15.0 Å². The first kappa shape index (κ1) is 32.7. The van der Waals surface area contributed by atoms with E-state index in [1.165, 1.54) is 47.3 Å². The van der Waals surface area contributed by atoms with Crippen molar-refractivity contribution in [1.29, 1.82) is 0 Å². The molecule has 0 amide bonds. The zero-order valence-corrected chi connectivity index (χ0v) is 31.9. The van der Waals surface area contributed by atoms with E-state index in [1.54, 1.807) is 11.3 Å². The average molecular weight is 758 g/mol. The Balaban J connectivity index is 1.03. The minimum absolute atomic E-state index is 0.624. The van der Waals surface area contributed by atoms with Crippen molar-refractivity contribution in [1.82, 2.24) is 15.0 Å². The van der Waals surface area contributed by atoms with Crippen LogP contribution in [0, 0.1) is 0 Å². The molecule has 0 atom stereocenters. The smallest absolute Gasteiger partial charge is 0.165 e. The summed E-state index contributed by atoms with van der Waals surface area (Å²) in [5.41, 5.74) is 9.07. The molecule has 0 aliphatic rings. The topological polar surface area (TPSA) is 51.8 Å². The van der Waals surface area contributed by atoms with Gasteiger partial charge >= 0.3 is 0 Å². The van der Waals surface area contributed by atoms with Gasteiger partial charge in [0.2, 0.25) is 0 Å². The third-order valence-electron chi connectivity index (χ3n) is 11.3. The molecule has 3 heterocycles. The van der Waals surface area contributed by atoms with Crippen molar-refractivity contribution >= 4 is 75.0 Å². The molecule has 0 aliphatic heterocycles. The summed E-state index contributed by atoms with van der Waals surface area (Å²) in [6.07, 6.45) is 0. The predicted octanol–water partition coefficient (Wildman–Crippen LogP) is 14.8. The van der Waals surface area contributed by atoms with Crippen LogP contribution in [0.2, 0.25) is 0 Å². The van der Waals surface area contributed by atoms with Crippen molar-refractivity contribution in [2.45, 2.75) is 0 Å². The van der Waals surface area contributed by atoms with Crippen LogP contribution < -0.4 is 0 Å². The molecule has 4 nitrogen and oxygen atoms in total. The fourth-order valence-electron chi connectivity index (χ4n) is 8.62. The van der Waals surface area contributed by atoms with E-state index in [1.807, 2.05) is 18.2 Å². The fourth-order valence-corrected chi connectivity index (χ4v) is 9.83. The molecule has 0 saturated carbocycles. The molecule has 0 saturated heterocycles. The van der Waals surface area contributed by atoms with Gasteiger partial charge in [-0.2, -0.15) is 0 Å². The van der Waals surface area contributed by atoms with Crippen molar-refractivity contribution in [3.8, 4) is 56.4 Å². The molecule has 0 radical (unpaired) electrons. The molecule has 12 aromatic rings. The lowest BCUT2D eigenvalue weighted by Crippen LogP contribution is -2.00. The number of thiophene rings is 1. The van der Waals surface area contributed by atoms with Crippen molar-refractivity contribution in [2.75, 3.05) is 0 Å². The van der Waals surface area contributed by atoms with Crippen LogP contribution in [-0.4, -0.2) is 15.0 Å². The van der Waals surface area contributed by atoms with Gasteiger partial charge in [0.25, 0.3) is 0 Å². The monoisotopic (exact) mass is 757 g/mol. The van der Waals surface area contributed by atoms with Crippen LogP contribution in [0.5, 0.6) is 0 Å². The highest BCUT2D eigenvalue weighted by Gasteiger charge is 2.19. The maximum atomic E-state index is 6.53. The van der Waals surface area contributed by atoms with Gasteiger partial charge in [0.05, 0.1) is 0 Å². The Morgan fingerprint density at radius 3 is 1.88 bits per heavy atom. The third-order valence-corrected chi connectivity index (χ3v) is 12.5. The van der Waals surface area contributed by atoms with E-state index in [0.29, 0.717) is 17.5 Å². The highest BCUT2D eigenvalue weighted by atomic mass is 32.1. The molecule has 0 unspecified atom stereocenters. The zero-order valence-electron chi connectivity index (χ0n) is 31.1. The van der Waals surface area contributed by atoms with E-state index >= 15 is 0 Å². The van der Waals surface area contributed by atoms with Crippen LogP contribution in [0.3, 0.4) is 0 Å². The van der Waals surface area contributed by atoms with Crippen molar-refractivity contribution in [3.63, 3.8) is 0 Å². The van der Waals surface area contributed by atoms with Crippen molar-refractivity contribution in [3.05, 3.63) is 188 Å². The van der Waals surface area contributed by atoms with Crippen LogP contribution in [0.1, 0.15) is 0 Å². The molecule has 9 aromatic carbocycles. The first-order valence-electron chi connectivity index (χ1n) is 19.4. The maximum Gasteiger partial charge on any atom is 0.165 e. The standard InChI is InChI=1S/C53H31N3OS/c1-2-13-32(14-3-1)51-54-52(56-53(55-51)43-24-11-23-42-41-21-8-9-26-48(41)58-50(42)43)36-17-10-16-33(29-36)38-22-12-25-47-49(38)45-31-35(27-28-46(45)57-47)44-30-34-15-4-5-18-37(34)39-19-6-7-20-40(39)44/h1-31H. The van der Waals surface area contributed by atoms with Gasteiger partial charge in [0, 0.05) is 47.6 Å². The molecule has 0 N–H and O–H groups in total. The van der Waals surface area contributed by atoms with Crippen LogP contribution >= 0.6 is 11.3 Å². The summed E-state index contributed by atoms with van der Waals surface area (Å²) in [4.78, 5) is 15.4. The molecule has 0 aliphatic carbocycles. The highest BCUT2D eigenvalue weighted by molar-refractivity contribution is 7.26. The van der Waals surface area contributed by atoms with Gasteiger partial charge in [-0.3, -0.25) is 0 Å². The van der Waals surface area contributed by atoms with Gasteiger partial charge in [-0.05, 0) is 86.3 Å². The SMILES string of the molecule is c1ccc(-c2nc(-c3cccc(-c4cccc5oc6ccc(-c7cc8ccccc8c8ccccc78)cc6c45)c3)nc(-c3cccc4c3sc3ccccc34)n2)cc1. The molecule has 270 valence electrons. The minimum atomic E-state index is 0.624. The molecule has 12 rings (SSSR count). The maximum absolute atomic E-state index is 6.53. The molecule has 0 bridgehead atoms. The Hall–Kier alpha value is -7.47. The molecular weight excluding hydrogens is 727 g/mol. The predicted molar refractivity (Wildman–Crippen MR) is 242 cm³/mol. The summed E-state index contributed by atoms with van der Waals surface area (Å²) in [5, 5.41) is 9.59. The Bertz CT molecular complexity index is 3590. The van der Waals surface area contributed by atoms with Crippen LogP contribution in [-0.2, 0) is 0 Å². The average Bonchev–Trinajstić information content (AvgIpc) is 3.87. The Morgan fingerprint density at radius 1 is 0.345 bits per heavy atom.